The summed E-state index contributed by atoms with van der Waals surface area (Å²) in [5.41, 5.74) is 5.45. The zero-order valence-electron chi connectivity index (χ0n) is 23.5. The normalized spacial score (nSPS) is 23.0. The maximum Gasteiger partial charge on any atom is 0.248 e. The van der Waals surface area contributed by atoms with E-state index in [0.717, 1.165) is 0 Å². The molecule has 1 fully saturated rings. The summed E-state index contributed by atoms with van der Waals surface area (Å²) in [6.45, 7) is 6.10. The number of methoxy groups -OCH3 is 1. The van der Waals surface area contributed by atoms with Crippen LogP contribution in [0.4, 0.5) is 15.8 Å². The molecule has 0 saturated carbocycles. The molecular weight excluding hydrogens is 582 g/mol. The fourth-order valence-electron chi connectivity index (χ4n) is 6.31. The van der Waals surface area contributed by atoms with Crippen LogP contribution in [0.25, 0.3) is 0 Å². The highest BCUT2D eigenvalue weighted by atomic mass is 35.5. The predicted octanol–water partition coefficient (Wildman–Crippen LogP) is 5.63. The summed E-state index contributed by atoms with van der Waals surface area (Å²) in [5, 5.41) is 9.52. The van der Waals surface area contributed by atoms with Gasteiger partial charge in [0.15, 0.2) is 0 Å². The highest BCUT2D eigenvalue weighted by Gasteiger charge is 2.66. The number of nitrogens with one attached hydrogen (secondary N) is 3. The molecule has 1 spiro atoms. The summed E-state index contributed by atoms with van der Waals surface area (Å²) in [6.07, 6.45) is 0.474. The molecule has 2 aliphatic heterocycles. The van der Waals surface area contributed by atoms with Gasteiger partial charge >= 0.3 is 0 Å². The number of halogens is 3. The van der Waals surface area contributed by atoms with Gasteiger partial charge in [-0.1, -0.05) is 62.2 Å². The van der Waals surface area contributed by atoms with Crippen molar-refractivity contribution >= 4 is 52.3 Å². The lowest BCUT2D eigenvalue weighted by molar-refractivity contribution is -0.122. The molecule has 220 valence electrons. The molecule has 8 nitrogen and oxygen atoms in total. The van der Waals surface area contributed by atoms with Crippen molar-refractivity contribution in [3.63, 3.8) is 0 Å². The maximum absolute atomic E-state index is 15.9. The zero-order valence-corrected chi connectivity index (χ0v) is 25.0. The van der Waals surface area contributed by atoms with Gasteiger partial charge in [0.2, 0.25) is 17.7 Å². The zero-order chi connectivity index (χ0) is 30.6. The lowest BCUT2D eigenvalue weighted by Crippen LogP contribution is -2.49. The van der Waals surface area contributed by atoms with E-state index in [0.29, 0.717) is 22.7 Å². The van der Waals surface area contributed by atoms with E-state index in [1.54, 1.807) is 30.3 Å². The van der Waals surface area contributed by atoms with E-state index in [9.17, 15) is 14.4 Å². The number of benzene rings is 3. The molecule has 4 atom stereocenters. The Morgan fingerprint density at radius 1 is 1.12 bits per heavy atom. The number of amides is 3. The van der Waals surface area contributed by atoms with E-state index >= 15 is 4.39 Å². The maximum atomic E-state index is 15.9. The van der Waals surface area contributed by atoms with Crippen molar-refractivity contribution in [2.24, 2.45) is 11.1 Å². The molecule has 1 saturated heterocycles. The third kappa shape index (κ3) is 4.99. The van der Waals surface area contributed by atoms with Gasteiger partial charge in [0.1, 0.15) is 17.0 Å². The summed E-state index contributed by atoms with van der Waals surface area (Å²) in [7, 11) is 1.40. The molecule has 0 bridgehead atoms. The van der Waals surface area contributed by atoms with Crippen LogP contribution in [0.5, 0.6) is 5.75 Å². The average Bonchev–Trinajstić information content (AvgIpc) is 3.39. The standard InChI is InChI=1S/C31H31Cl2FN4O4/c1-30(2,3)14-23-31(18-10-9-16(32)13-21(18)37-29(31)41)24(17-6-5-7-19(33)25(17)34)26(38-23)28(40)36-20-11-8-15(27(35)39)12-22(20)42-4/h5-13,23-24,26,38H,14H2,1-4H3,(H2,35,39)(H,36,40)(H,37,41)/t23-,24+,26-,31+/m1/s1. The van der Waals surface area contributed by atoms with Gasteiger partial charge in [-0.25, -0.2) is 4.39 Å². The van der Waals surface area contributed by atoms with Crippen LogP contribution in [0.2, 0.25) is 10.0 Å². The van der Waals surface area contributed by atoms with Crippen LogP contribution in [-0.4, -0.2) is 36.9 Å². The molecule has 0 unspecified atom stereocenters. The summed E-state index contributed by atoms with van der Waals surface area (Å²) >= 11 is 12.5. The van der Waals surface area contributed by atoms with Gasteiger partial charge in [-0.3, -0.25) is 14.4 Å². The molecule has 0 aromatic heterocycles. The summed E-state index contributed by atoms with van der Waals surface area (Å²) in [5.74, 6) is -3.07. The molecule has 0 aliphatic carbocycles. The first-order chi connectivity index (χ1) is 19.8. The van der Waals surface area contributed by atoms with Gasteiger partial charge in [-0.05, 0) is 59.4 Å². The Bertz CT molecular complexity index is 1610. The van der Waals surface area contributed by atoms with Crippen LogP contribution in [-0.2, 0) is 15.0 Å². The number of anilines is 2. The van der Waals surface area contributed by atoms with Crippen LogP contribution < -0.4 is 26.4 Å². The molecule has 2 aliphatic rings. The third-order valence-corrected chi connectivity index (χ3v) is 8.49. The Labute approximate surface area is 253 Å². The van der Waals surface area contributed by atoms with Gasteiger partial charge in [-0.15, -0.1) is 0 Å². The van der Waals surface area contributed by atoms with Crippen LogP contribution in [0.1, 0.15) is 54.6 Å². The Hall–Kier alpha value is -3.66. The van der Waals surface area contributed by atoms with Crippen molar-refractivity contribution < 1.29 is 23.5 Å². The van der Waals surface area contributed by atoms with Gasteiger partial charge in [0.25, 0.3) is 0 Å². The van der Waals surface area contributed by atoms with Crippen molar-refractivity contribution in [3.8, 4) is 5.75 Å². The second-order valence-corrected chi connectivity index (χ2v) is 12.7. The molecule has 11 heteroatoms. The number of ether oxygens (including phenoxy) is 1. The number of carbonyl (C=O) groups is 3. The molecule has 3 aromatic rings. The van der Waals surface area contributed by atoms with E-state index in [2.05, 4.69) is 16.0 Å². The minimum atomic E-state index is -1.39. The van der Waals surface area contributed by atoms with Crippen molar-refractivity contribution in [2.75, 3.05) is 17.7 Å². The van der Waals surface area contributed by atoms with Crippen molar-refractivity contribution in [1.82, 2.24) is 5.32 Å². The smallest absolute Gasteiger partial charge is 0.248 e. The second kappa shape index (κ2) is 10.9. The third-order valence-electron chi connectivity index (χ3n) is 7.96. The number of rotatable bonds is 6. The van der Waals surface area contributed by atoms with Crippen molar-refractivity contribution in [3.05, 3.63) is 87.2 Å². The SMILES string of the molecule is COc1cc(C(N)=O)ccc1NC(=O)[C@@H]1N[C@H](CC(C)(C)C)[C@]2(C(=O)Nc3cc(Cl)ccc32)[C@H]1c1cccc(Cl)c1F. The lowest BCUT2D eigenvalue weighted by Gasteiger charge is -2.37. The molecule has 2 heterocycles. The molecule has 42 heavy (non-hydrogen) atoms. The minimum Gasteiger partial charge on any atom is -0.495 e. The van der Waals surface area contributed by atoms with E-state index < -0.39 is 41.0 Å². The highest BCUT2D eigenvalue weighted by Crippen LogP contribution is 2.57. The van der Waals surface area contributed by atoms with E-state index in [4.69, 9.17) is 33.7 Å². The molecular formula is C31H31Cl2FN4O4. The van der Waals surface area contributed by atoms with E-state index in [1.807, 2.05) is 20.8 Å². The number of hydrogen-bond donors (Lipinski definition) is 4. The minimum absolute atomic E-state index is 0.125. The molecule has 3 aromatic carbocycles. The van der Waals surface area contributed by atoms with Crippen LogP contribution in [0.3, 0.4) is 0 Å². The number of primary amides is 1. The van der Waals surface area contributed by atoms with Crippen LogP contribution in [0, 0.1) is 11.2 Å². The average molecular weight is 614 g/mol. The predicted molar refractivity (Wildman–Crippen MR) is 161 cm³/mol. The van der Waals surface area contributed by atoms with Crippen molar-refractivity contribution in [2.45, 2.75) is 50.6 Å². The molecule has 0 radical (unpaired) electrons. The van der Waals surface area contributed by atoms with E-state index in [-0.39, 0.29) is 38.9 Å². The van der Waals surface area contributed by atoms with Gasteiger partial charge in [0.05, 0.1) is 23.9 Å². The fourth-order valence-corrected chi connectivity index (χ4v) is 6.66. The molecule has 5 rings (SSSR count). The first-order valence-corrected chi connectivity index (χ1v) is 14.1. The lowest BCUT2D eigenvalue weighted by atomic mass is 9.62. The number of fused-ring (bicyclic) bond motifs is 2. The second-order valence-electron chi connectivity index (χ2n) is 11.9. The molecule has 3 amide bonds. The summed E-state index contributed by atoms with van der Waals surface area (Å²) < 4.78 is 21.3. The topological polar surface area (TPSA) is 123 Å². The highest BCUT2D eigenvalue weighted by molar-refractivity contribution is 6.31. The number of nitrogens with two attached hydrogens (primary N) is 1. The Balaban J connectivity index is 1.70. The van der Waals surface area contributed by atoms with Crippen LogP contribution >= 0.6 is 23.2 Å². The van der Waals surface area contributed by atoms with E-state index in [1.165, 1.54) is 31.4 Å². The van der Waals surface area contributed by atoms with Crippen LogP contribution in [0.15, 0.2) is 54.6 Å². The van der Waals surface area contributed by atoms with Crippen molar-refractivity contribution in [1.29, 1.82) is 0 Å². The summed E-state index contributed by atoms with van der Waals surface area (Å²) in [6, 6.07) is 12.4. The van der Waals surface area contributed by atoms with Gasteiger partial charge in [0, 0.05) is 28.2 Å². The summed E-state index contributed by atoms with van der Waals surface area (Å²) in [4.78, 5) is 40.1. The number of carbonyl (C=O) groups excluding carboxylic acids is 3. The Morgan fingerprint density at radius 2 is 1.86 bits per heavy atom. The monoisotopic (exact) mass is 612 g/mol. The first kappa shape index (κ1) is 29.8. The largest absolute Gasteiger partial charge is 0.495 e. The van der Waals surface area contributed by atoms with Gasteiger partial charge in [-0.2, -0.15) is 0 Å². The Kier molecular flexibility index (Phi) is 7.72. The van der Waals surface area contributed by atoms with Gasteiger partial charge < -0.3 is 26.4 Å². The quantitative estimate of drug-likeness (QED) is 0.287. The first-order valence-electron chi connectivity index (χ1n) is 13.4. The Morgan fingerprint density at radius 3 is 2.52 bits per heavy atom. The number of hydrogen-bond acceptors (Lipinski definition) is 5. The fraction of sp³-hybridized carbons (Fsp3) is 0.323. The molecule has 5 N–H and O–H groups in total.